The first-order chi connectivity index (χ1) is 6.68. The fourth-order valence-electron chi connectivity index (χ4n) is 0.961. The number of halogens is 4. The van der Waals surface area contributed by atoms with Crippen molar-refractivity contribution in [2.75, 3.05) is 0 Å². The van der Waals surface area contributed by atoms with E-state index in [4.69, 9.17) is 4.55 Å². The van der Waals surface area contributed by atoms with Gasteiger partial charge in [0.25, 0.3) is 10.1 Å². The summed E-state index contributed by atoms with van der Waals surface area (Å²) in [7, 11) is -5.36. The maximum atomic E-state index is 12.9. The molecule has 1 atom stereocenters. The average Bonchev–Trinajstić information content (AvgIpc) is 2.09. The largest absolute Gasteiger partial charge is 0.300 e. The van der Waals surface area contributed by atoms with E-state index in [0.717, 1.165) is 0 Å². The van der Waals surface area contributed by atoms with Crippen molar-refractivity contribution in [1.82, 2.24) is 0 Å². The molecule has 0 saturated carbocycles. The van der Waals surface area contributed by atoms with Gasteiger partial charge >= 0.3 is 0 Å². The highest BCUT2D eigenvalue weighted by Crippen LogP contribution is 2.39. The molecular formula is C7H4F4O3S. The molecule has 0 radical (unpaired) electrons. The summed E-state index contributed by atoms with van der Waals surface area (Å²) in [5.41, 5.74) is -1.17. The van der Waals surface area contributed by atoms with Crippen molar-refractivity contribution in [3.8, 4) is 0 Å². The highest BCUT2D eigenvalue weighted by atomic mass is 32.2. The van der Waals surface area contributed by atoms with Crippen LogP contribution in [-0.2, 0) is 10.1 Å². The Balaban J connectivity index is 3.57. The SMILES string of the molecule is C=C1C(F)=C(F)C(S(=O)(=O)O)=C(F)C1F. The Bertz CT molecular complexity index is 488. The van der Waals surface area contributed by atoms with Crippen LogP contribution >= 0.6 is 0 Å². The lowest BCUT2D eigenvalue weighted by Gasteiger charge is -2.16. The number of hydrogen-bond donors (Lipinski definition) is 1. The Kier molecular flexibility index (Phi) is 2.75. The Morgan fingerprint density at radius 3 is 2.07 bits per heavy atom. The molecule has 8 heteroatoms. The van der Waals surface area contributed by atoms with Gasteiger partial charge in [-0.1, -0.05) is 6.58 Å². The van der Waals surface area contributed by atoms with Crippen LogP contribution in [-0.4, -0.2) is 19.1 Å². The summed E-state index contributed by atoms with van der Waals surface area (Å²) in [6.45, 7) is 2.70. The van der Waals surface area contributed by atoms with Gasteiger partial charge in [-0.3, -0.25) is 4.55 Å². The molecule has 1 unspecified atom stereocenters. The third-order valence-corrected chi connectivity index (χ3v) is 2.57. The van der Waals surface area contributed by atoms with Gasteiger partial charge in [0.05, 0.1) is 0 Å². The molecule has 3 nitrogen and oxygen atoms in total. The minimum Gasteiger partial charge on any atom is -0.282 e. The second kappa shape index (κ2) is 3.46. The van der Waals surface area contributed by atoms with Crippen LogP contribution < -0.4 is 0 Å². The van der Waals surface area contributed by atoms with Gasteiger partial charge in [0.2, 0.25) is 0 Å². The van der Waals surface area contributed by atoms with E-state index in [0.29, 0.717) is 0 Å². The molecule has 15 heavy (non-hydrogen) atoms. The maximum Gasteiger partial charge on any atom is 0.300 e. The predicted octanol–water partition coefficient (Wildman–Crippen LogP) is 2.11. The van der Waals surface area contributed by atoms with E-state index in [1.807, 2.05) is 0 Å². The average molecular weight is 244 g/mol. The molecule has 1 aliphatic rings. The van der Waals surface area contributed by atoms with Crippen molar-refractivity contribution >= 4 is 10.1 Å². The summed E-state index contributed by atoms with van der Waals surface area (Å²) < 4.78 is 80.5. The second-order valence-corrected chi connectivity index (χ2v) is 4.03. The summed E-state index contributed by atoms with van der Waals surface area (Å²) in [6.07, 6.45) is -2.82. The van der Waals surface area contributed by atoms with Crippen LogP contribution in [0.5, 0.6) is 0 Å². The van der Waals surface area contributed by atoms with Crippen molar-refractivity contribution in [3.05, 3.63) is 34.5 Å². The molecule has 0 fully saturated rings. The second-order valence-electron chi connectivity index (χ2n) is 2.67. The predicted molar refractivity (Wildman–Crippen MR) is 43.0 cm³/mol. The van der Waals surface area contributed by atoms with Gasteiger partial charge in [-0.05, 0) is 0 Å². The highest BCUT2D eigenvalue weighted by Gasteiger charge is 2.39. The summed E-state index contributed by atoms with van der Waals surface area (Å²) in [4.78, 5) is -2.03. The lowest BCUT2D eigenvalue weighted by Crippen LogP contribution is -2.18. The van der Waals surface area contributed by atoms with Crippen LogP contribution in [0.3, 0.4) is 0 Å². The third-order valence-electron chi connectivity index (χ3n) is 1.68. The van der Waals surface area contributed by atoms with Crippen LogP contribution in [0.4, 0.5) is 17.6 Å². The first-order valence-electron chi connectivity index (χ1n) is 3.44. The van der Waals surface area contributed by atoms with Crippen LogP contribution in [0.25, 0.3) is 0 Å². The molecule has 1 N–H and O–H groups in total. The van der Waals surface area contributed by atoms with Crippen LogP contribution in [0, 0.1) is 0 Å². The van der Waals surface area contributed by atoms with Gasteiger partial charge in [-0.2, -0.15) is 8.42 Å². The monoisotopic (exact) mass is 244 g/mol. The maximum absolute atomic E-state index is 12.9. The Morgan fingerprint density at radius 2 is 1.67 bits per heavy atom. The fraction of sp³-hybridized carbons (Fsp3) is 0.143. The summed E-state index contributed by atoms with van der Waals surface area (Å²) >= 11 is 0. The van der Waals surface area contributed by atoms with Gasteiger partial charge < -0.3 is 0 Å². The van der Waals surface area contributed by atoms with E-state index in [2.05, 4.69) is 6.58 Å². The normalized spacial score (nSPS) is 23.8. The fourth-order valence-corrected chi connectivity index (χ4v) is 1.63. The van der Waals surface area contributed by atoms with E-state index in [-0.39, 0.29) is 0 Å². The lowest BCUT2D eigenvalue weighted by atomic mass is 10.0. The molecule has 0 aromatic rings. The molecule has 0 saturated heterocycles. The molecular weight excluding hydrogens is 240 g/mol. The van der Waals surface area contributed by atoms with Crippen LogP contribution in [0.1, 0.15) is 0 Å². The molecule has 0 aromatic carbocycles. The third kappa shape index (κ3) is 1.82. The van der Waals surface area contributed by atoms with Crippen molar-refractivity contribution in [2.45, 2.75) is 6.17 Å². The highest BCUT2D eigenvalue weighted by molar-refractivity contribution is 7.90. The zero-order valence-corrected chi connectivity index (χ0v) is 7.78. The molecule has 0 aromatic heterocycles. The summed E-state index contributed by atoms with van der Waals surface area (Å²) in [5.74, 6) is -6.24. The molecule has 1 aliphatic carbocycles. The molecule has 84 valence electrons. The van der Waals surface area contributed by atoms with Gasteiger partial charge in [-0.15, -0.1) is 0 Å². The van der Waals surface area contributed by atoms with Gasteiger partial charge in [0, 0.05) is 5.57 Å². The number of rotatable bonds is 1. The first kappa shape index (κ1) is 11.9. The number of alkyl halides is 1. The topological polar surface area (TPSA) is 54.4 Å². The molecule has 0 bridgehead atoms. The minimum atomic E-state index is -5.36. The zero-order chi connectivity index (χ0) is 12.0. The van der Waals surface area contributed by atoms with E-state index < -0.39 is 44.2 Å². The molecule has 0 amide bonds. The van der Waals surface area contributed by atoms with Gasteiger partial charge in [0.1, 0.15) is 0 Å². The van der Waals surface area contributed by atoms with Crippen molar-refractivity contribution in [1.29, 1.82) is 0 Å². The van der Waals surface area contributed by atoms with E-state index in [1.54, 1.807) is 0 Å². The zero-order valence-electron chi connectivity index (χ0n) is 6.97. The lowest BCUT2D eigenvalue weighted by molar-refractivity contribution is 0.344. The van der Waals surface area contributed by atoms with Crippen molar-refractivity contribution < 1.29 is 30.5 Å². The van der Waals surface area contributed by atoms with Crippen molar-refractivity contribution in [2.24, 2.45) is 0 Å². The molecule has 1 rings (SSSR count). The smallest absolute Gasteiger partial charge is 0.282 e. The Morgan fingerprint density at radius 1 is 1.20 bits per heavy atom. The standard InChI is InChI=1S/C7H4F4O3S/c1-2-3(8)5(10)7(15(12,13)14)6(11)4(2)9/h3H,1H2,(H,12,13,14). The number of hydrogen-bond acceptors (Lipinski definition) is 2. The quantitative estimate of drug-likeness (QED) is 0.567. The first-order valence-corrected chi connectivity index (χ1v) is 4.88. The minimum absolute atomic E-state index is 1.17. The van der Waals surface area contributed by atoms with E-state index >= 15 is 0 Å². The summed E-state index contributed by atoms with van der Waals surface area (Å²) in [6, 6.07) is 0. The Hall–Kier alpha value is -1.15. The Labute approximate surface area is 82.1 Å². The number of allylic oxidation sites excluding steroid dienone is 4. The van der Waals surface area contributed by atoms with Crippen LogP contribution in [0.15, 0.2) is 34.5 Å². The van der Waals surface area contributed by atoms with Gasteiger partial charge in [-0.25, -0.2) is 17.6 Å². The summed E-state index contributed by atoms with van der Waals surface area (Å²) in [5, 5.41) is 0. The molecule has 0 aliphatic heterocycles. The van der Waals surface area contributed by atoms with E-state index in [9.17, 15) is 26.0 Å². The van der Waals surface area contributed by atoms with Crippen molar-refractivity contribution in [3.63, 3.8) is 0 Å². The van der Waals surface area contributed by atoms with E-state index in [1.165, 1.54) is 0 Å². The van der Waals surface area contributed by atoms with Crippen LogP contribution in [0.2, 0.25) is 0 Å². The molecule has 0 spiro atoms. The van der Waals surface area contributed by atoms with Gasteiger partial charge in [0.15, 0.2) is 28.6 Å². The molecule has 0 heterocycles.